The molecule has 2 amide bonds. The van der Waals surface area contributed by atoms with Crippen molar-refractivity contribution >= 4 is 39.9 Å². The second kappa shape index (κ2) is 8.08. The summed E-state index contributed by atoms with van der Waals surface area (Å²) >= 11 is 7.60. The van der Waals surface area contributed by atoms with Crippen molar-refractivity contribution in [3.05, 3.63) is 47.0 Å². The van der Waals surface area contributed by atoms with Gasteiger partial charge in [0, 0.05) is 11.9 Å². The molecule has 1 atom stereocenters. The first kappa shape index (κ1) is 17.4. The van der Waals surface area contributed by atoms with Crippen molar-refractivity contribution in [2.45, 2.75) is 19.2 Å². The van der Waals surface area contributed by atoms with Crippen LogP contribution in [-0.2, 0) is 9.59 Å². The molecule has 7 heteroatoms. The lowest BCUT2D eigenvalue weighted by Gasteiger charge is -2.22. The van der Waals surface area contributed by atoms with Crippen LogP contribution in [0.2, 0.25) is 0 Å². The summed E-state index contributed by atoms with van der Waals surface area (Å²) in [6.45, 7) is 4.02. The van der Waals surface area contributed by atoms with Crippen LogP contribution in [0.3, 0.4) is 0 Å². The molecule has 2 rings (SSSR count). The summed E-state index contributed by atoms with van der Waals surface area (Å²) in [5.74, 6) is -0.572. The average molecular weight is 352 g/mol. The van der Waals surface area contributed by atoms with Crippen molar-refractivity contribution in [3.63, 3.8) is 0 Å². The normalized spacial score (nSPS) is 11.8. The Morgan fingerprint density at radius 1 is 1.35 bits per heavy atom. The summed E-state index contributed by atoms with van der Waals surface area (Å²) in [6.07, 6.45) is 0. The van der Waals surface area contributed by atoms with E-state index in [1.54, 1.807) is 12.1 Å². The molecule has 0 fully saturated rings. The third kappa shape index (κ3) is 4.77. The number of nitrogens with zero attached hydrogens (tertiary/aromatic N) is 2. The van der Waals surface area contributed by atoms with E-state index in [-0.39, 0.29) is 18.4 Å². The number of thiazole rings is 1. The van der Waals surface area contributed by atoms with E-state index in [1.807, 2.05) is 37.4 Å². The molecule has 23 heavy (non-hydrogen) atoms. The van der Waals surface area contributed by atoms with Crippen LogP contribution >= 0.6 is 22.9 Å². The molecule has 0 spiro atoms. The van der Waals surface area contributed by atoms with E-state index in [0.29, 0.717) is 17.2 Å². The quantitative estimate of drug-likeness (QED) is 0.813. The number of aryl methyl sites for hydroxylation is 1. The van der Waals surface area contributed by atoms with Gasteiger partial charge >= 0.3 is 0 Å². The highest BCUT2D eigenvalue weighted by Gasteiger charge is 2.24. The van der Waals surface area contributed by atoms with Crippen molar-refractivity contribution in [3.8, 4) is 0 Å². The van der Waals surface area contributed by atoms with Crippen molar-refractivity contribution in [1.29, 1.82) is 0 Å². The number of likely N-dealkylation sites (N-methyl/N-ethyl adjacent to an activating group) is 1. The van der Waals surface area contributed by atoms with Crippen molar-refractivity contribution < 1.29 is 9.59 Å². The molecular formula is C16H18ClN3O2S. The van der Waals surface area contributed by atoms with Crippen LogP contribution in [-0.4, -0.2) is 34.8 Å². The van der Waals surface area contributed by atoms with Gasteiger partial charge in [-0.15, -0.1) is 22.9 Å². The van der Waals surface area contributed by atoms with E-state index in [0.717, 1.165) is 5.69 Å². The molecule has 0 bridgehead atoms. The molecule has 1 N–H and O–H groups in total. The fourth-order valence-electron chi connectivity index (χ4n) is 2.01. The number of aromatic nitrogens is 1. The lowest BCUT2D eigenvalue weighted by Crippen LogP contribution is -2.39. The molecule has 122 valence electrons. The van der Waals surface area contributed by atoms with Gasteiger partial charge < -0.3 is 10.2 Å². The highest BCUT2D eigenvalue weighted by Crippen LogP contribution is 2.22. The van der Waals surface area contributed by atoms with Gasteiger partial charge in [0.2, 0.25) is 11.8 Å². The lowest BCUT2D eigenvalue weighted by molar-refractivity contribution is -0.134. The highest BCUT2D eigenvalue weighted by atomic mass is 35.5. The van der Waals surface area contributed by atoms with E-state index >= 15 is 0 Å². The van der Waals surface area contributed by atoms with Crippen LogP contribution in [0, 0.1) is 6.92 Å². The first-order valence-corrected chi connectivity index (χ1v) is 8.52. The summed E-state index contributed by atoms with van der Waals surface area (Å²) in [4.78, 5) is 30.1. The van der Waals surface area contributed by atoms with Gasteiger partial charge in [0.05, 0.1) is 12.2 Å². The van der Waals surface area contributed by atoms with E-state index < -0.39 is 5.38 Å². The Balaban J connectivity index is 1.98. The second-order valence-corrected chi connectivity index (χ2v) is 6.26. The first-order chi connectivity index (χ1) is 11.0. The maximum atomic E-state index is 12.5. The van der Waals surface area contributed by atoms with Crippen LogP contribution in [0.15, 0.2) is 35.7 Å². The number of hydrogen-bond donors (Lipinski definition) is 1. The van der Waals surface area contributed by atoms with Gasteiger partial charge in [-0.2, -0.15) is 0 Å². The fraction of sp³-hybridized carbons (Fsp3) is 0.312. The van der Waals surface area contributed by atoms with Gasteiger partial charge in [0.15, 0.2) is 5.13 Å². The molecule has 0 aliphatic rings. The minimum Gasteiger partial charge on any atom is -0.332 e. The number of amides is 2. The summed E-state index contributed by atoms with van der Waals surface area (Å²) < 4.78 is 0. The Labute approximate surface area is 144 Å². The van der Waals surface area contributed by atoms with Crippen LogP contribution in [0.1, 0.15) is 23.6 Å². The average Bonchev–Trinajstić information content (AvgIpc) is 2.96. The number of carbonyl (C=O) groups is 2. The summed E-state index contributed by atoms with van der Waals surface area (Å²) in [5, 5.41) is 4.27. The van der Waals surface area contributed by atoms with Crippen LogP contribution in [0.4, 0.5) is 5.13 Å². The Kier molecular flexibility index (Phi) is 6.12. The number of nitrogens with one attached hydrogen (secondary N) is 1. The maximum Gasteiger partial charge on any atom is 0.245 e. The number of hydrogen-bond acceptors (Lipinski definition) is 4. The molecule has 1 aromatic heterocycles. The zero-order valence-corrected chi connectivity index (χ0v) is 14.5. The molecular weight excluding hydrogens is 334 g/mol. The van der Waals surface area contributed by atoms with Gasteiger partial charge in [0.1, 0.15) is 5.38 Å². The van der Waals surface area contributed by atoms with E-state index in [2.05, 4.69) is 10.3 Å². The number of halogens is 1. The summed E-state index contributed by atoms with van der Waals surface area (Å²) in [5.41, 5.74) is 1.56. The third-order valence-electron chi connectivity index (χ3n) is 3.20. The van der Waals surface area contributed by atoms with Crippen LogP contribution in [0.5, 0.6) is 0 Å². The summed E-state index contributed by atoms with van der Waals surface area (Å²) in [6, 6.07) is 9.10. The molecule has 1 aromatic carbocycles. The van der Waals surface area contributed by atoms with E-state index in [4.69, 9.17) is 11.6 Å². The zero-order valence-electron chi connectivity index (χ0n) is 13.0. The Morgan fingerprint density at radius 3 is 2.61 bits per heavy atom. The van der Waals surface area contributed by atoms with E-state index in [1.165, 1.54) is 16.2 Å². The van der Waals surface area contributed by atoms with Gasteiger partial charge in [-0.3, -0.25) is 9.59 Å². The van der Waals surface area contributed by atoms with Gasteiger partial charge in [-0.25, -0.2) is 4.98 Å². The minimum absolute atomic E-state index is 0.0516. The van der Waals surface area contributed by atoms with Crippen molar-refractivity contribution in [1.82, 2.24) is 9.88 Å². The maximum absolute atomic E-state index is 12.5. The Morgan fingerprint density at radius 2 is 2.04 bits per heavy atom. The predicted molar refractivity (Wildman–Crippen MR) is 92.8 cm³/mol. The standard InChI is InChI=1S/C16H18ClN3O2S/c1-3-20(9-13(21)19-16-18-11(2)10-23-16)15(22)14(17)12-7-5-4-6-8-12/h4-8,10,14H,3,9H2,1-2H3,(H,18,19,21). The monoisotopic (exact) mass is 351 g/mol. The zero-order chi connectivity index (χ0) is 16.8. The predicted octanol–water partition coefficient (Wildman–Crippen LogP) is 3.22. The molecule has 0 aliphatic heterocycles. The molecule has 2 aromatic rings. The lowest BCUT2D eigenvalue weighted by atomic mass is 10.1. The van der Waals surface area contributed by atoms with E-state index in [9.17, 15) is 9.59 Å². The molecule has 1 heterocycles. The second-order valence-electron chi connectivity index (χ2n) is 4.97. The molecule has 0 saturated carbocycles. The molecule has 5 nitrogen and oxygen atoms in total. The topological polar surface area (TPSA) is 62.3 Å². The first-order valence-electron chi connectivity index (χ1n) is 7.21. The largest absolute Gasteiger partial charge is 0.332 e. The Hall–Kier alpha value is -1.92. The number of benzene rings is 1. The number of rotatable bonds is 6. The molecule has 1 unspecified atom stereocenters. The van der Waals surface area contributed by atoms with Gasteiger partial charge in [-0.1, -0.05) is 30.3 Å². The number of anilines is 1. The van der Waals surface area contributed by atoms with Crippen LogP contribution in [0.25, 0.3) is 0 Å². The molecule has 0 radical (unpaired) electrons. The smallest absolute Gasteiger partial charge is 0.245 e. The number of carbonyl (C=O) groups excluding carboxylic acids is 2. The van der Waals surface area contributed by atoms with Crippen molar-refractivity contribution in [2.75, 3.05) is 18.4 Å². The minimum atomic E-state index is -0.800. The fourth-order valence-corrected chi connectivity index (χ4v) is 3.00. The highest BCUT2D eigenvalue weighted by molar-refractivity contribution is 7.13. The third-order valence-corrected chi connectivity index (χ3v) is 4.52. The van der Waals surface area contributed by atoms with Gasteiger partial charge in [-0.05, 0) is 19.4 Å². The molecule has 0 aliphatic carbocycles. The Bertz CT molecular complexity index is 675. The number of alkyl halides is 1. The van der Waals surface area contributed by atoms with Crippen LogP contribution < -0.4 is 5.32 Å². The van der Waals surface area contributed by atoms with Crippen molar-refractivity contribution in [2.24, 2.45) is 0 Å². The molecule has 0 saturated heterocycles. The SMILES string of the molecule is CCN(CC(=O)Nc1nc(C)cs1)C(=O)C(Cl)c1ccccc1. The van der Waals surface area contributed by atoms with Gasteiger partial charge in [0.25, 0.3) is 0 Å². The summed E-state index contributed by atoms with van der Waals surface area (Å²) in [7, 11) is 0.